The van der Waals surface area contributed by atoms with E-state index in [0.717, 1.165) is 17.1 Å². The van der Waals surface area contributed by atoms with E-state index in [9.17, 15) is 0 Å². The maximum atomic E-state index is 5.55. The fraction of sp³-hybridized carbons (Fsp3) is 0.500. The number of hydrogen-bond acceptors (Lipinski definition) is 3. The zero-order valence-electron chi connectivity index (χ0n) is 6.52. The third kappa shape index (κ3) is 0.886. The van der Waals surface area contributed by atoms with Crippen LogP contribution in [0.1, 0.15) is 22.6 Å². The molecule has 3 nitrogen and oxygen atoms in total. The zero-order chi connectivity index (χ0) is 7.84. The summed E-state index contributed by atoms with van der Waals surface area (Å²) in [5.74, 6) is 1.91. The van der Waals surface area contributed by atoms with Gasteiger partial charge < -0.3 is 14.9 Å². The molecule has 1 aliphatic rings. The molecule has 0 unspecified atom stereocenters. The van der Waals surface area contributed by atoms with E-state index in [2.05, 4.69) is 0 Å². The van der Waals surface area contributed by atoms with E-state index < -0.39 is 0 Å². The summed E-state index contributed by atoms with van der Waals surface area (Å²) < 4.78 is 10.6. The fourth-order valence-corrected chi connectivity index (χ4v) is 1.49. The van der Waals surface area contributed by atoms with Gasteiger partial charge in [-0.1, -0.05) is 0 Å². The Hall–Kier alpha value is -0.800. The molecule has 2 N–H and O–H groups in total. The van der Waals surface area contributed by atoms with Crippen LogP contribution < -0.4 is 5.73 Å². The summed E-state index contributed by atoms with van der Waals surface area (Å²) >= 11 is 0. The van der Waals surface area contributed by atoms with Crippen LogP contribution in [0, 0.1) is 6.92 Å². The highest BCUT2D eigenvalue weighted by Gasteiger charge is 2.21. The highest BCUT2D eigenvalue weighted by molar-refractivity contribution is 5.33. The van der Waals surface area contributed by atoms with E-state index in [1.54, 1.807) is 0 Å². The second-order valence-corrected chi connectivity index (χ2v) is 2.74. The highest BCUT2D eigenvalue weighted by Crippen LogP contribution is 2.28. The molecule has 0 amide bonds. The zero-order valence-corrected chi connectivity index (χ0v) is 6.52. The van der Waals surface area contributed by atoms with Gasteiger partial charge in [-0.3, -0.25) is 0 Å². The van der Waals surface area contributed by atoms with Crippen molar-refractivity contribution in [2.45, 2.75) is 26.7 Å². The van der Waals surface area contributed by atoms with Gasteiger partial charge in [0.25, 0.3) is 0 Å². The molecular formula is C8H11NO2. The van der Waals surface area contributed by atoms with Crippen LogP contribution in [0.4, 0.5) is 0 Å². The number of aryl methyl sites for hydroxylation is 1. The molecule has 60 valence electrons. The van der Waals surface area contributed by atoms with Gasteiger partial charge in [-0.2, -0.15) is 0 Å². The monoisotopic (exact) mass is 153 g/mol. The Morgan fingerprint density at radius 1 is 1.45 bits per heavy atom. The van der Waals surface area contributed by atoms with Gasteiger partial charge in [0.15, 0.2) is 0 Å². The Morgan fingerprint density at radius 3 is 3.00 bits per heavy atom. The molecule has 0 aliphatic carbocycles. The molecule has 0 aromatic carbocycles. The third-order valence-electron chi connectivity index (χ3n) is 2.09. The van der Waals surface area contributed by atoms with E-state index in [-0.39, 0.29) is 0 Å². The Morgan fingerprint density at radius 2 is 2.27 bits per heavy atom. The van der Waals surface area contributed by atoms with Crippen molar-refractivity contribution in [3.63, 3.8) is 0 Å². The van der Waals surface area contributed by atoms with Gasteiger partial charge in [0.05, 0.1) is 6.61 Å². The molecular weight excluding hydrogens is 142 g/mol. The number of fused-ring (bicyclic) bond motifs is 1. The van der Waals surface area contributed by atoms with E-state index in [1.165, 1.54) is 5.56 Å². The largest absolute Gasteiger partial charge is 0.463 e. The highest BCUT2D eigenvalue weighted by atomic mass is 16.5. The van der Waals surface area contributed by atoms with Crippen molar-refractivity contribution >= 4 is 0 Å². The summed E-state index contributed by atoms with van der Waals surface area (Å²) in [5.41, 5.74) is 7.85. The van der Waals surface area contributed by atoms with Crippen molar-refractivity contribution in [2.24, 2.45) is 5.73 Å². The molecule has 0 atom stereocenters. The third-order valence-corrected chi connectivity index (χ3v) is 2.09. The van der Waals surface area contributed by atoms with Crippen molar-refractivity contribution < 1.29 is 9.15 Å². The first kappa shape index (κ1) is 6.88. The number of furan rings is 1. The van der Waals surface area contributed by atoms with Gasteiger partial charge >= 0.3 is 0 Å². The van der Waals surface area contributed by atoms with E-state index >= 15 is 0 Å². The van der Waals surface area contributed by atoms with Crippen molar-refractivity contribution in [1.82, 2.24) is 0 Å². The summed E-state index contributed by atoms with van der Waals surface area (Å²) in [7, 11) is 0. The topological polar surface area (TPSA) is 48.4 Å². The molecule has 1 aromatic rings. The van der Waals surface area contributed by atoms with Crippen LogP contribution in [-0.2, 0) is 24.5 Å². The normalized spacial score (nSPS) is 15.5. The van der Waals surface area contributed by atoms with Crippen LogP contribution in [0.5, 0.6) is 0 Å². The number of rotatable bonds is 1. The first-order chi connectivity index (χ1) is 5.33. The minimum absolute atomic E-state index is 0.550. The SMILES string of the molecule is Cc1oc2c(c1CN)COC2. The molecule has 0 spiro atoms. The molecule has 3 heteroatoms. The predicted molar refractivity (Wildman–Crippen MR) is 39.8 cm³/mol. The maximum Gasteiger partial charge on any atom is 0.135 e. The van der Waals surface area contributed by atoms with Crippen molar-refractivity contribution in [3.8, 4) is 0 Å². The molecule has 0 saturated heterocycles. The molecule has 1 aromatic heterocycles. The number of hydrogen-bond donors (Lipinski definition) is 1. The van der Waals surface area contributed by atoms with Crippen molar-refractivity contribution in [2.75, 3.05) is 0 Å². The summed E-state index contributed by atoms with van der Waals surface area (Å²) in [4.78, 5) is 0. The quantitative estimate of drug-likeness (QED) is 0.656. The lowest BCUT2D eigenvalue weighted by Gasteiger charge is -1.95. The van der Waals surface area contributed by atoms with E-state index in [4.69, 9.17) is 14.9 Å². The molecule has 0 radical (unpaired) electrons. The maximum absolute atomic E-state index is 5.55. The predicted octanol–water partition coefficient (Wildman–Crippen LogP) is 1.08. The van der Waals surface area contributed by atoms with Crippen molar-refractivity contribution in [1.29, 1.82) is 0 Å². The Bertz CT molecular complexity index is 278. The molecule has 0 bridgehead atoms. The molecule has 0 fully saturated rings. The lowest BCUT2D eigenvalue weighted by atomic mass is 10.1. The average Bonchev–Trinajstić information content (AvgIpc) is 2.46. The number of ether oxygens (including phenoxy) is 1. The van der Waals surface area contributed by atoms with Crippen LogP contribution in [0.15, 0.2) is 4.42 Å². The Kier molecular flexibility index (Phi) is 1.47. The van der Waals surface area contributed by atoms with Crippen LogP contribution in [0.2, 0.25) is 0 Å². The van der Waals surface area contributed by atoms with E-state index in [1.807, 2.05) is 6.92 Å². The molecule has 2 heterocycles. The fourth-order valence-electron chi connectivity index (χ4n) is 1.49. The van der Waals surface area contributed by atoms with Crippen LogP contribution in [0.25, 0.3) is 0 Å². The lowest BCUT2D eigenvalue weighted by molar-refractivity contribution is 0.122. The molecule has 0 saturated carbocycles. The van der Waals surface area contributed by atoms with Crippen LogP contribution >= 0.6 is 0 Å². The van der Waals surface area contributed by atoms with Crippen LogP contribution in [-0.4, -0.2) is 0 Å². The van der Waals surface area contributed by atoms with Crippen LogP contribution in [0.3, 0.4) is 0 Å². The summed E-state index contributed by atoms with van der Waals surface area (Å²) in [5, 5.41) is 0. The minimum Gasteiger partial charge on any atom is -0.463 e. The van der Waals surface area contributed by atoms with E-state index in [0.29, 0.717) is 19.8 Å². The number of nitrogens with two attached hydrogens (primary N) is 1. The Balaban J connectivity index is 2.52. The minimum atomic E-state index is 0.550. The summed E-state index contributed by atoms with van der Waals surface area (Å²) in [6, 6.07) is 0. The second-order valence-electron chi connectivity index (χ2n) is 2.74. The Labute approximate surface area is 65.1 Å². The van der Waals surface area contributed by atoms with Gasteiger partial charge in [0.1, 0.15) is 18.1 Å². The summed E-state index contributed by atoms with van der Waals surface area (Å²) in [6.45, 7) is 3.77. The van der Waals surface area contributed by atoms with Gasteiger partial charge in [-0.25, -0.2) is 0 Å². The van der Waals surface area contributed by atoms with Gasteiger partial charge in [0.2, 0.25) is 0 Å². The lowest BCUT2D eigenvalue weighted by Crippen LogP contribution is -1.99. The summed E-state index contributed by atoms with van der Waals surface area (Å²) in [6.07, 6.45) is 0. The molecule has 11 heavy (non-hydrogen) atoms. The molecule has 1 aliphatic heterocycles. The second kappa shape index (κ2) is 2.36. The van der Waals surface area contributed by atoms with Gasteiger partial charge in [0, 0.05) is 17.7 Å². The van der Waals surface area contributed by atoms with Crippen molar-refractivity contribution in [3.05, 3.63) is 22.6 Å². The standard InChI is InChI=1S/C8H11NO2/c1-5-6(2-9)7-3-10-4-8(7)11-5/h2-4,9H2,1H3. The molecule has 2 rings (SSSR count). The average molecular weight is 153 g/mol. The first-order valence-electron chi connectivity index (χ1n) is 3.70. The van der Waals surface area contributed by atoms with Gasteiger partial charge in [-0.15, -0.1) is 0 Å². The smallest absolute Gasteiger partial charge is 0.135 e. The van der Waals surface area contributed by atoms with Gasteiger partial charge in [-0.05, 0) is 6.92 Å². The first-order valence-corrected chi connectivity index (χ1v) is 3.70.